The van der Waals surface area contributed by atoms with Gasteiger partial charge in [0.1, 0.15) is 0 Å². The Bertz CT molecular complexity index is 627. The van der Waals surface area contributed by atoms with Gasteiger partial charge in [-0.05, 0) is 75.9 Å². The van der Waals surface area contributed by atoms with Crippen LogP contribution in [-0.2, 0) is 10.0 Å². The Morgan fingerprint density at radius 2 is 1.77 bits per heavy atom. The second kappa shape index (κ2) is 6.69. The number of likely N-dealkylation sites (N-methyl/N-ethyl adjacent to an activating group) is 1. The van der Waals surface area contributed by atoms with E-state index in [1.54, 1.807) is 0 Å². The summed E-state index contributed by atoms with van der Waals surface area (Å²) in [5, 5.41) is 0. The SMILES string of the molecule is CCN1CCC[C@@H]1CNS(=O)(=O)c1c(C)c(C)cc(C)c1C. The van der Waals surface area contributed by atoms with Crippen molar-refractivity contribution in [2.45, 2.75) is 58.4 Å². The third kappa shape index (κ3) is 3.36. The molecular weight excluding hydrogens is 296 g/mol. The van der Waals surface area contributed by atoms with Crippen molar-refractivity contribution in [3.05, 3.63) is 28.3 Å². The van der Waals surface area contributed by atoms with Crippen molar-refractivity contribution >= 4 is 10.0 Å². The third-order valence-corrected chi connectivity index (χ3v) is 6.68. The van der Waals surface area contributed by atoms with E-state index in [9.17, 15) is 8.42 Å². The van der Waals surface area contributed by atoms with Crippen molar-refractivity contribution in [3.63, 3.8) is 0 Å². The zero-order valence-corrected chi connectivity index (χ0v) is 15.2. The summed E-state index contributed by atoms with van der Waals surface area (Å²) >= 11 is 0. The standard InChI is InChI=1S/C17H28N2O2S/c1-6-19-9-7-8-16(19)11-18-22(20,21)17-14(4)12(2)10-13(3)15(17)5/h10,16,18H,6-9,11H2,1-5H3/t16-/m1/s1. The van der Waals surface area contributed by atoms with Crippen LogP contribution in [-0.4, -0.2) is 39.0 Å². The molecular formula is C17H28N2O2S. The summed E-state index contributed by atoms with van der Waals surface area (Å²) in [6, 6.07) is 2.38. The molecule has 5 heteroatoms. The lowest BCUT2D eigenvalue weighted by Crippen LogP contribution is -2.40. The molecule has 1 aromatic rings. The predicted molar refractivity (Wildman–Crippen MR) is 90.8 cm³/mol. The van der Waals surface area contributed by atoms with Crippen LogP contribution in [0.5, 0.6) is 0 Å². The molecule has 1 aromatic carbocycles. The van der Waals surface area contributed by atoms with E-state index in [1.807, 2.05) is 27.7 Å². The Morgan fingerprint density at radius 1 is 1.18 bits per heavy atom. The molecule has 1 heterocycles. The van der Waals surface area contributed by atoms with Gasteiger partial charge in [-0.3, -0.25) is 4.90 Å². The van der Waals surface area contributed by atoms with Gasteiger partial charge in [0.05, 0.1) is 4.90 Å². The largest absolute Gasteiger partial charge is 0.299 e. The molecule has 0 aromatic heterocycles. The zero-order valence-electron chi connectivity index (χ0n) is 14.4. The zero-order chi connectivity index (χ0) is 16.5. The van der Waals surface area contributed by atoms with Crippen LogP contribution < -0.4 is 4.72 Å². The van der Waals surface area contributed by atoms with E-state index in [2.05, 4.69) is 22.6 Å². The number of aryl methyl sites for hydroxylation is 2. The van der Waals surface area contributed by atoms with Crippen LogP contribution in [0.15, 0.2) is 11.0 Å². The van der Waals surface area contributed by atoms with Crippen molar-refractivity contribution < 1.29 is 8.42 Å². The minimum atomic E-state index is -3.46. The Labute approximate surface area is 135 Å². The molecule has 0 bridgehead atoms. The summed E-state index contributed by atoms with van der Waals surface area (Å²) < 4.78 is 28.4. The number of hydrogen-bond donors (Lipinski definition) is 1. The summed E-state index contributed by atoms with van der Waals surface area (Å²) in [6.45, 7) is 12.4. The van der Waals surface area contributed by atoms with Crippen LogP contribution in [0.25, 0.3) is 0 Å². The minimum absolute atomic E-state index is 0.325. The Morgan fingerprint density at radius 3 is 2.32 bits per heavy atom. The van der Waals surface area contributed by atoms with Crippen LogP contribution in [0, 0.1) is 27.7 Å². The van der Waals surface area contributed by atoms with Crippen LogP contribution >= 0.6 is 0 Å². The number of hydrogen-bond acceptors (Lipinski definition) is 3. The van der Waals surface area contributed by atoms with Gasteiger partial charge >= 0.3 is 0 Å². The maximum absolute atomic E-state index is 12.8. The average Bonchev–Trinajstić information content (AvgIpc) is 2.90. The van der Waals surface area contributed by atoms with E-state index in [0.29, 0.717) is 17.5 Å². The Balaban J connectivity index is 2.24. The monoisotopic (exact) mass is 324 g/mol. The van der Waals surface area contributed by atoms with Gasteiger partial charge in [-0.1, -0.05) is 13.0 Å². The van der Waals surface area contributed by atoms with Crippen molar-refractivity contribution in [3.8, 4) is 0 Å². The highest BCUT2D eigenvalue weighted by molar-refractivity contribution is 7.89. The van der Waals surface area contributed by atoms with Crippen LogP contribution in [0.1, 0.15) is 42.0 Å². The molecule has 0 radical (unpaired) electrons. The number of nitrogens with one attached hydrogen (secondary N) is 1. The maximum Gasteiger partial charge on any atom is 0.241 e. The lowest BCUT2D eigenvalue weighted by molar-refractivity contribution is 0.268. The smallest absolute Gasteiger partial charge is 0.241 e. The van der Waals surface area contributed by atoms with Gasteiger partial charge in [-0.25, -0.2) is 13.1 Å². The molecule has 4 nitrogen and oxygen atoms in total. The van der Waals surface area contributed by atoms with E-state index in [4.69, 9.17) is 0 Å². The first-order valence-corrected chi connectivity index (χ1v) is 9.57. The fraction of sp³-hybridized carbons (Fsp3) is 0.647. The molecule has 1 aliphatic heterocycles. The summed E-state index contributed by atoms with van der Waals surface area (Å²) in [5.74, 6) is 0. The number of rotatable bonds is 5. The molecule has 1 N–H and O–H groups in total. The first kappa shape index (κ1) is 17.4. The second-order valence-corrected chi connectivity index (χ2v) is 8.07. The summed E-state index contributed by atoms with van der Waals surface area (Å²) in [5.41, 5.74) is 3.77. The van der Waals surface area contributed by atoms with Gasteiger partial charge < -0.3 is 0 Å². The fourth-order valence-corrected chi connectivity index (χ4v) is 5.09. The molecule has 124 valence electrons. The Kier molecular flexibility index (Phi) is 5.30. The minimum Gasteiger partial charge on any atom is -0.299 e. The van der Waals surface area contributed by atoms with E-state index >= 15 is 0 Å². The first-order valence-electron chi connectivity index (χ1n) is 8.09. The quantitative estimate of drug-likeness (QED) is 0.906. The highest BCUT2D eigenvalue weighted by Crippen LogP contribution is 2.26. The lowest BCUT2D eigenvalue weighted by atomic mass is 10.0. The van der Waals surface area contributed by atoms with Crippen LogP contribution in [0.2, 0.25) is 0 Å². The first-order chi connectivity index (χ1) is 10.3. The van der Waals surface area contributed by atoms with Gasteiger partial charge in [0.15, 0.2) is 0 Å². The predicted octanol–water partition coefficient (Wildman–Crippen LogP) is 2.68. The average molecular weight is 324 g/mol. The number of benzene rings is 1. The van der Waals surface area contributed by atoms with Gasteiger partial charge in [-0.2, -0.15) is 0 Å². The highest BCUT2D eigenvalue weighted by Gasteiger charge is 2.27. The number of likely N-dealkylation sites (tertiary alicyclic amines) is 1. The van der Waals surface area contributed by atoms with Gasteiger partial charge in [0, 0.05) is 12.6 Å². The summed E-state index contributed by atoms with van der Waals surface area (Å²) in [4.78, 5) is 2.81. The van der Waals surface area contributed by atoms with E-state index in [0.717, 1.165) is 48.2 Å². The number of sulfonamides is 1. The van der Waals surface area contributed by atoms with Crippen LogP contribution in [0.4, 0.5) is 0 Å². The van der Waals surface area contributed by atoms with Gasteiger partial charge in [0.2, 0.25) is 10.0 Å². The summed E-state index contributed by atoms with van der Waals surface area (Å²) in [6.07, 6.45) is 2.23. The van der Waals surface area contributed by atoms with Gasteiger partial charge in [0.25, 0.3) is 0 Å². The molecule has 0 unspecified atom stereocenters. The second-order valence-electron chi connectivity index (χ2n) is 6.37. The Hall–Kier alpha value is -0.910. The topological polar surface area (TPSA) is 49.4 Å². The van der Waals surface area contributed by atoms with Gasteiger partial charge in [-0.15, -0.1) is 0 Å². The molecule has 2 rings (SSSR count). The summed E-state index contributed by atoms with van der Waals surface area (Å²) in [7, 11) is -3.46. The molecule has 0 spiro atoms. The molecule has 1 saturated heterocycles. The molecule has 0 saturated carbocycles. The molecule has 22 heavy (non-hydrogen) atoms. The molecule has 1 aliphatic rings. The lowest BCUT2D eigenvalue weighted by Gasteiger charge is -2.23. The van der Waals surface area contributed by atoms with E-state index in [1.165, 1.54) is 0 Å². The van der Waals surface area contributed by atoms with E-state index < -0.39 is 10.0 Å². The number of nitrogens with zero attached hydrogens (tertiary/aromatic N) is 1. The molecule has 0 amide bonds. The fourth-order valence-electron chi connectivity index (χ4n) is 3.40. The highest BCUT2D eigenvalue weighted by atomic mass is 32.2. The van der Waals surface area contributed by atoms with Crippen molar-refractivity contribution in [1.82, 2.24) is 9.62 Å². The third-order valence-electron chi connectivity index (χ3n) is 4.98. The molecule has 0 aliphatic carbocycles. The molecule has 1 atom stereocenters. The van der Waals surface area contributed by atoms with Crippen molar-refractivity contribution in [2.24, 2.45) is 0 Å². The molecule has 1 fully saturated rings. The van der Waals surface area contributed by atoms with E-state index in [-0.39, 0.29) is 0 Å². The normalized spacial score (nSPS) is 19.8. The van der Waals surface area contributed by atoms with Crippen molar-refractivity contribution in [1.29, 1.82) is 0 Å². The van der Waals surface area contributed by atoms with Crippen molar-refractivity contribution in [2.75, 3.05) is 19.6 Å². The van der Waals surface area contributed by atoms with Crippen LogP contribution in [0.3, 0.4) is 0 Å². The maximum atomic E-state index is 12.8.